The largest absolute Gasteiger partial charge is 0.456 e. The summed E-state index contributed by atoms with van der Waals surface area (Å²) in [5.41, 5.74) is 5.07. The lowest BCUT2D eigenvalue weighted by Gasteiger charge is -2.24. The molecule has 0 amide bonds. The van der Waals surface area contributed by atoms with Crippen LogP contribution in [-0.4, -0.2) is 5.11 Å². The molecule has 3 N–H and O–H groups in total. The number of nitrogens with one attached hydrogen (secondary N) is 3. The van der Waals surface area contributed by atoms with E-state index in [9.17, 15) is 4.57 Å². The number of rotatable bonds is 5. The Morgan fingerprint density at radius 2 is 1.38 bits per heavy atom. The molecule has 9 heteroatoms. The fraction of sp³-hybridized carbons (Fsp3) is 0. The van der Waals surface area contributed by atoms with Crippen molar-refractivity contribution in [1.29, 1.82) is 0 Å². The average Bonchev–Trinajstić information content (AvgIpc) is 2.81. The molecule has 32 heavy (non-hydrogen) atoms. The van der Waals surface area contributed by atoms with E-state index in [2.05, 4.69) is 15.9 Å². The third-order valence-electron chi connectivity index (χ3n) is 4.48. The lowest BCUT2D eigenvalue weighted by molar-refractivity contribution is 0.468. The van der Waals surface area contributed by atoms with Gasteiger partial charge in [-0.05, 0) is 30.4 Å². The van der Waals surface area contributed by atoms with E-state index in [1.165, 1.54) is 0 Å². The fourth-order valence-corrected chi connectivity index (χ4v) is 5.10. The van der Waals surface area contributed by atoms with E-state index < -0.39 is 7.29 Å². The predicted molar refractivity (Wildman–Crippen MR) is 136 cm³/mol. The Kier molecular flexibility index (Phi) is 6.99. The van der Waals surface area contributed by atoms with E-state index in [1.807, 2.05) is 60.7 Å². The maximum atomic E-state index is 13.7. The summed E-state index contributed by atoms with van der Waals surface area (Å²) in [6.45, 7) is 0. The van der Waals surface area contributed by atoms with Crippen LogP contribution in [0.2, 0.25) is 10.0 Å². The molecule has 3 aromatic carbocycles. The second-order valence-corrected chi connectivity index (χ2v) is 10.2. The minimum Gasteiger partial charge on any atom is -0.456 e. The zero-order valence-electron chi connectivity index (χ0n) is 16.6. The summed E-state index contributed by atoms with van der Waals surface area (Å²) in [5.74, 6) is 4.13. The highest BCUT2D eigenvalue weighted by molar-refractivity contribution is 7.80. The summed E-state index contributed by atoms with van der Waals surface area (Å²) >= 11 is 17.3. The molecule has 0 aliphatic carbocycles. The molecule has 0 aromatic heterocycles. The van der Waals surface area contributed by atoms with Crippen LogP contribution in [0.5, 0.6) is 0 Å². The zero-order valence-corrected chi connectivity index (χ0v) is 19.8. The zero-order chi connectivity index (χ0) is 22.6. The van der Waals surface area contributed by atoms with Gasteiger partial charge < -0.3 is 10.1 Å². The van der Waals surface area contributed by atoms with Crippen LogP contribution in [0, 0.1) is 0 Å². The summed E-state index contributed by atoms with van der Waals surface area (Å²) in [4.78, 5) is 0. The van der Waals surface area contributed by atoms with Crippen LogP contribution < -0.4 is 15.9 Å². The summed E-state index contributed by atoms with van der Waals surface area (Å²) in [7, 11) is -3.22. The van der Waals surface area contributed by atoms with Crippen LogP contribution >= 0.6 is 42.7 Å². The molecular formula is C23H18Cl2N3O2PS. The summed E-state index contributed by atoms with van der Waals surface area (Å²) < 4.78 is 19.8. The maximum absolute atomic E-state index is 13.7. The molecule has 0 fully saturated rings. The van der Waals surface area contributed by atoms with E-state index in [0.717, 1.165) is 11.1 Å². The van der Waals surface area contributed by atoms with Gasteiger partial charge in [0.15, 0.2) is 5.11 Å². The summed E-state index contributed by atoms with van der Waals surface area (Å²) in [6, 6.07) is 24.0. The first-order chi connectivity index (χ1) is 15.4. The van der Waals surface area contributed by atoms with Crippen molar-refractivity contribution in [3.63, 3.8) is 0 Å². The minimum absolute atomic E-state index is 0.217. The normalized spacial score (nSPS) is 14.6. The molecule has 0 unspecified atom stereocenters. The molecule has 3 aromatic rings. The topological polar surface area (TPSA) is 62.4 Å². The highest BCUT2D eigenvalue weighted by Crippen LogP contribution is 2.52. The van der Waals surface area contributed by atoms with E-state index >= 15 is 0 Å². The summed E-state index contributed by atoms with van der Waals surface area (Å²) in [6.07, 6.45) is 0. The Hall–Kier alpha value is -2.60. The monoisotopic (exact) mass is 501 g/mol. The van der Waals surface area contributed by atoms with Gasteiger partial charge in [-0.3, -0.25) is 9.99 Å². The number of hydrazine groups is 1. The molecule has 0 bridgehead atoms. The molecule has 0 atom stereocenters. The molecule has 162 valence electrons. The number of anilines is 1. The number of hydrogen-bond acceptors (Lipinski definition) is 3. The quantitative estimate of drug-likeness (QED) is 0.197. The number of hydrogen-bond donors (Lipinski definition) is 3. The number of ether oxygens (including phenoxy) is 1. The smallest absolute Gasteiger partial charge is 0.215 e. The van der Waals surface area contributed by atoms with Crippen LogP contribution in [0.25, 0.3) is 11.5 Å². The number of benzene rings is 3. The molecular weight excluding hydrogens is 484 g/mol. The van der Waals surface area contributed by atoms with Gasteiger partial charge in [0.05, 0.1) is 10.0 Å². The lowest BCUT2D eigenvalue weighted by Crippen LogP contribution is -2.37. The standard InChI is InChI=1S/C23H18Cl2N3O2PS/c24-19-12-11-18(13-20(19)25)26-23(32)27-28-31(29)14-21(16-7-3-1-4-8-16)30-22(15-31)17-9-5-2-6-10-17/h1-15H,(H,28,29)(H2,26,27,32). The van der Waals surface area contributed by atoms with Crippen LogP contribution in [0.15, 0.2) is 90.5 Å². The lowest BCUT2D eigenvalue weighted by atomic mass is 10.2. The van der Waals surface area contributed by atoms with Crippen molar-refractivity contribution in [2.75, 3.05) is 5.32 Å². The molecule has 1 heterocycles. The Bertz CT molecular complexity index is 1190. The van der Waals surface area contributed by atoms with Crippen LogP contribution in [0.1, 0.15) is 11.1 Å². The Labute approximate surface area is 201 Å². The van der Waals surface area contributed by atoms with Crippen LogP contribution in [-0.2, 0) is 9.30 Å². The van der Waals surface area contributed by atoms with Gasteiger partial charge in [0.25, 0.3) is 0 Å². The van der Waals surface area contributed by atoms with E-state index in [0.29, 0.717) is 27.3 Å². The van der Waals surface area contributed by atoms with Gasteiger partial charge >= 0.3 is 0 Å². The van der Waals surface area contributed by atoms with Crippen molar-refractivity contribution in [3.8, 4) is 0 Å². The number of halogens is 2. The second kappa shape index (κ2) is 9.90. The Balaban J connectivity index is 1.56. The third kappa shape index (κ3) is 5.60. The van der Waals surface area contributed by atoms with E-state index in [-0.39, 0.29) is 5.11 Å². The van der Waals surface area contributed by atoms with Gasteiger partial charge in [-0.15, -0.1) is 0 Å². The van der Waals surface area contributed by atoms with Gasteiger partial charge in [-0.1, -0.05) is 83.9 Å². The van der Waals surface area contributed by atoms with Crippen molar-refractivity contribution in [2.45, 2.75) is 0 Å². The van der Waals surface area contributed by atoms with Crippen LogP contribution in [0.4, 0.5) is 5.69 Å². The average molecular weight is 502 g/mol. The number of thiocarbonyl (C=S) groups is 1. The first kappa shape index (κ1) is 22.6. The van der Waals surface area contributed by atoms with Crippen molar-refractivity contribution >= 4 is 65.0 Å². The molecule has 1 aliphatic rings. The molecule has 5 nitrogen and oxygen atoms in total. The molecule has 0 radical (unpaired) electrons. The molecule has 0 spiro atoms. The first-order valence-corrected chi connectivity index (χ1v) is 12.6. The SMILES string of the molecule is O=P1(NNC(=S)Nc2ccc(Cl)c(Cl)c2)C=C(c2ccccc2)OC(c2ccccc2)=C1. The first-order valence-electron chi connectivity index (χ1n) is 9.55. The van der Waals surface area contributed by atoms with E-state index in [4.69, 9.17) is 40.2 Å². The Morgan fingerprint density at radius 3 is 1.91 bits per heavy atom. The van der Waals surface area contributed by atoms with Gasteiger partial charge in [-0.2, -0.15) is 5.20 Å². The van der Waals surface area contributed by atoms with Gasteiger partial charge in [-0.25, -0.2) is 0 Å². The maximum Gasteiger partial charge on any atom is 0.215 e. The van der Waals surface area contributed by atoms with Crippen molar-refractivity contribution in [2.24, 2.45) is 0 Å². The highest BCUT2D eigenvalue weighted by Gasteiger charge is 2.27. The van der Waals surface area contributed by atoms with Crippen molar-refractivity contribution < 1.29 is 9.30 Å². The fourth-order valence-electron chi connectivity index (χ4n) is 2.97. The molecule has 4 rings (SSSR count). The second-order valence-electron chi connectivity index (χ2n) is 6.85. The predicted octanol–water partition coefficient (Wildman–Crippen LogP) is 7.09. The molecule has 0 saturated heterocycles. The van der Waals surface area contributed by atoms with Crippen molar-refractivity contribution in [3.05, 3.63) is 112 Å². The third-order valence-corrected chi connectivity index (χ3v) is 7.12. The van der Waals surface area contributed by atoms with Gasteiger partial charge in [0.2, 0.25) is 7.29 Å². The van der Waals surface area contributed by atoms with Crippen molar-refractivity contribution in [1.82, 2.24) is 10.6 Å². The molecule has 0 saturated carbocycles. The Morgan fingerprint density at radius 1 is 0.812 bits per heavy atom. The van der Waals surface area contributed by atoms with Crippen LogP contribution in [0.3, 0.4) is 0 Å². The summed E-state index contributed by atoms with van der Waals surface area (Å²) in [5, 5.41) is 6.89. The molecule has 1 aliphatic heterocycles. The minimum atomic E-state index is -3.22. The van der Waals surface area contributed by atoms with Gasteiger partial charge in [0, 0.05) is 28.4 Å². The van der Waals surface area contributed by atoms with E-state index in [1.54, 1.807) is 29.8 Å². The van der Waals surface area contributed by atoms with Gasteiger partial charge in [0.1, 0.15) is 11.5 Å². The highest BCUT2D eigenvalue weighted by atomic mass is 35.5.